The van der Waals surface area contributed by atoms with Gasteiger partial charge < -0.3 is 24.2 Å². The molecule has 0 fully saturated rings. The van der Waals surface area contributed by atoms with E-state index in [1.54, 1.807) is 36.4 Å². The first kappa shape index (κ1) is 50.3. The van der Waals surface area contributed by atoms with Crippen molar-refractivity contribution in [2.24, 2.45) is 0 Å². The molecule has 0 bridgehead atoms. The number of hydrogen-bond acceptors (Lipinski definition) is 9. The van der Waals surface area contributed by atoms with Crippen LogP contribution in [0.25, 0.3) is 0 Å². The minimum absolute atomic E-state index is 0. The summed E-state index contributed by atoms with van der Waals surface area (Å²) in [4.78, 5) is -0.488. The van der Waals surface area contributed by atoms with Crippen molar-refractivity contribution in [2.45, 2.75) is 139 Å². The molecule has 0 aliphatic heterocycles. The van der Waals surface area contributed by atoms with E-state index in [1.165, 1.54) is 119 Å². The maximum Gasteiger partial charge on any atom is 2.00 e. The predicted octanol–water partition coefficient (Wildman–Crippen LogP) is 10.9. The fraction of sp³-hybridized carbons (Fsp3) is 0.455. The van der Waals surface area contributed by atoms with Gasteiger partial charge in [0.05, 0.1) is 9.79 Å². The Morgan fingerprint density at radius 2 is 0.947 bits per heavy atom. The minimum atomic E-state index is -4.59. The molecule has 0 aromatic heterocycles. The van der Waals surface area contributed by atoms with E-state index in [1.807, 2.05) is 0 Å². The van der Waals surface area contributed by atoms with Gasteiger partial charge in [0.25, 0.3) is 10.1 Å². The van der Waals surface area contributed by atoms with Gasteiger partial charge in [0.15, 0.2) is 0 Å². The summed E-state index contributed by atoms with van der Waals surface area (Å²) in [6.45, 7) is 4.41. The Hall–Kier alpha value is -2.84. The molecule has 0 amide bonds. The van der Waals surface area contributed by atoms with E-state index < -0.39 is 20.2 Å². The average molecular weight is 851 g/mol. The van der Waals surface area contributed by atoms with Crippen LogP contribution in [0.2, 0.25) is 0 Å². The molecule has 0 heterocycles. The second-order valence-electron chi connectivity index (χ2n) is 14.2. The molecule has 2 N–H and O–H groups in total. The van der Waals surface area contributed by atoms with E-state index in [4.69, 9.17) is 9.47 Å². The van der Waals surface area contributed by atoms with Gasteiger partial charge in [-0.3, -0.25) is 4.55 Å². The summed E-state index contributed by atoms with van der Waals surface area (Å²) in [5.41, 5.74) is 1.55. The maximum absolute atomic E-state index is 11.6. The Balaban J connectivity index is 0.000000387. The molecular weight excluding hydrogens is 793 g/mol. The number of benzene rings is 4. The van der Waals surface area contributed by atoms with Gasteiger partial charge in [-0.25, -0.2) is 8.42 Å². The first-order valence-corrected chi connectivity index (χ1v) is 22.7. The number of aromatic hydroxyl groups is 1. The van der Waals surface area contributed by atoms with Crippen molar-refractivity contribution in [3.8, 4) is 34.5 Å². The molecule has 0 spiro atoms. The van der Waals surface area contributed by atoms with E-state index in [0.29, 0.717) is 30.1 Å². The Morgan fingerprint density at radius 3 is 1.39 bits per heavy atom. The number of rotatable bonds is 24. The van der Waals surface area contributed by atoms with Gasteiger partial charge in [-0.05, 0) is 91.4 Å². The largest absolute Gasteiger partial charge is 2.00 e. The van der Waals surface area contributed by atoms with Crippen molar-refractivity contribution in [1.82, 2.24) is 0 Å². The van der Waals surface area contributed by atoms with Gasteiger partial charge in [-0.2, -0.15) is 8.42 Å². The number of aryl methyl sites for hydroxylation is 2. The molecule has 4 aromatic carbocycles. The Bertz CT molecular complexity index is 1840. The zero-order valence-corrected chi connectivity index (χ0v) is 37.3. The smallest absolute Gasteiger partial charge is 0.872 e. The number of phenols is 1. The quantitative estimate of drug-likeness (QED) is 0.0392. The summed E-state index contributed by atoms with van der Waals surface area (Å²) in [7, 11) is -8.91. The van der Waals surface area contributed by atoms with E-state index in [9.17, 15) is 36.2 Å². The van der Waals surface area contributed by atoms with Crippen LogP contribution in [0.3, 0.4) is 0 Å². The van der Waals surface area contributed by atoms with Crippen molar-refractivity contribution in [2.75, 3.05) is 0 Å². The van der Waals surface area contributed by atoms with Gasteiger partial charge in [-0.15, -0.1) is 5.75 Å². The topological polar surface area (TPSA) is 173 Å². The molecule has 0 saturated carbocycles. The summed E-state index contributed by atoms with van der Waals surface area (Å²) in [6, 6.07) is 21.1. The number of unbranched alkanes of at least 4 members (excludes halogenated alkanes) is 14. The Kier molecular flexibility index (Phi) is 23.8. The van der Waals surface area contributed by atoms with Gasteiger partial charge in [-0.1, -0.05) is 122 Å². The predicted molar refractivity (Wildman–Crippen MR) is 223 cm³/mol. The molecule has 0 aliphatic rings. The third-order valence-electron chi connectivity index (χ3n) is 9.20. The summed E-state index contributed by atoms with van der Waals surface area (Å²) in [6.07, 6.45) is 20.4. The van der Waals surface area contributed by atoms with Crippen molar-refractivity contribution in [3.05, 3.63) is 96.1 Å². The molecule has 10 nitrogen and oxygen atoms in total. The Morgan fingerprint density at radius 1 is 0.526 bits per heavy atom. The summed E-state index contributed by atoms with van der Waals surface area (Å²) >= 11 is 0. The van der Waals surface area contributed by atoms with Crippen LogP contribution in [0.15, 0.2) is 94.7 Å². The van der Waals surface area contributed by atoms with E-state index >= 15 is 0 Å². The fourth-order valence-corrected chi connectivity index (χ4v) is 7.37. The monoisotopic (exact) mass is 850 g/mol. The third-order valence-corrected chi connectivity index (χ3v) is 10.8. The van der Waals surface area contributed by atoms with E-state index in [-0.39, 0.29) is 64.8 Å². The molecule has 0 unspecified atom stereocenters. The van der Waals surface area contributed by atoms with Crippen molar-refractivity contribution < 1.29 is 45.6 Å². The van der Waals surface area contributed by atoms with E-state index in [2.05, 4.69) is 13.8 Å². The molecule has 0 aliphatic carbocycles. The van der Waals surface area contributed by atoms with Crippen LogP contribution in [0, 0.1) is 0 Å². The van der Waals surface area contributed by atoms with Gasteiger partial charge >= 0.3 is 37.7 Å². The van der Waals surface area contributed by atoms with Crippen molar-refractivity contribution in [3.63, 3.8) is 0 Å². The SMILES string of the molecule is CCCCCCCCCCc1cc(Oc2cccc(O)c2)cc(S(=O)(=O)O)c1.CCCCCCCCCCc1cc(Oc2cccc([O-])c2)cc(S(=O)(=O)[O-])c1.[Ca+2]. The third kappa shape index (κ3) is 21.1. The van der Waals surface area contributed by atoms with Crippen molar-refractivity contribution in [1.29, 1.82) is 0 Å². The molecule has 57 heavy (non-hydrogen) atoms. The first-order chi connectivity index (χ1) is 26.8. The van der Waals surface area contributed by atoms with E-state index in [0.717, 1.165) is 43.2 Å². The van der Waals surface area contributed by atoms with Gasteiger partial charge in [0.2, 0.25) is 0 Å². The molecule has 4 rings (SSSR count). The minimum Gasteiger partial charge on any atom is -0.872 e. The molecular formula is C44H58CaO10S2. The van der Waals surface area contributed by atoms with Gasteiger partial charge in [0.1, 0.15) is 38.9 Å². The molecule has 0 atom stereocenters. The zero-order valence-electron chi connectivity index (χ0n) is 33.5. The van der Waals surface area contributed by atoms with Crippen LogP contribution in [-0.2, 0) is 33.1 Å². The molecule has 4 aromatic rings. The van der Waals surface area contributed by atoms with Crippen LogP contribution in [-0.4, -0.2) is 68.8 Å². The standard InChI is InChI=1S/2C22H30O5S.Ca/c2*1-2-3-4-5-6-7-8-9-11-18-14-21(17-22(15-18)28(24,25)26)27-20-13-10-12-19(23)16-20;/h2*10,12-17,23H,2-9,11H2,1H3,(H,24,25,26);/q;;+2/p-2. The molecule has 13 heteroatoms. The van der Waals surface area contributed by atoms with Crippen LogP contribution >= 0.6 is 0 Å². The zero-order chi connectivity index (χ0) is 40.8. The van der Waals surface area contributed by atoms with Crippen LogP contribution < -0.4 is 14.6 Å². The molecule has 0 saturated heterocycles. The first-order valence-electron chi connectivity index (χ1n) is 19.9. The summed E-state index contributed by atoms with van der Waals surface area (Å²) in [5.74, 6) is 1.12. The number of phenolic OH excluding ortho intramolecular Hbond substituents is 1. The number of hydrogen-bond donors (Lipinski definition) is 2. The maximum atomic E-state index is 11.6. The number of ether oxygens (including phenoxy) is 2. The molecule has 0 radical (unpaired) electrons. The van der Waals surface area contributed by atoms with Gasteiger partial charge in [0, 0.05) is 12.1 Å². The fourth-order valence-electron chi connectivity index (χ4n) is 6.24. The van der Waals surface area contributed by atoms with Crippen LogP contribution in [0.4, 0.5) is 0 Å². The van der Waals surface area contributed by atoms with Crippen LogP contribution in [0.1, 0.15) is 128 Å². The summed E-state index contributed by atoms with van der Waals surface area (Å²) < 4.78 is 78.4. The second kappa shape index (κ2) is 27.0. The molecule has 308 valence electrons. The Labute approximate surface area is 370 Å². The normalized spacial score (nSPS) is 11.3. The van der Waals surface area contributed by atoms with Crippen LogP contribution in [0.5, 0.6) is 34.5 Å². The van der Waals surface area contributed by atoms with Crippen molar-refractivity contribution >= 4 is 58.0 Å². The summed E-state index contributed by atoms with van der Waals surface area (Å²) in [5, 5.41) is 21.0. The average Bonchev–Trinajstić information content (AvgIpc) is 3.13. The second-order valence-corrected chi connectivity index (χ2v) is 17.0.